The van der Waals surface area contributed by atoms with E-state index in [-0.39, 0.29) is 5.92 Å². The van der Waals surface area contributed by atoms with Crippen molar-refractivity contribution in [3.05, 3.63) is 0 Å². The van der Waals surface area contributed by atoms with Gasteiger partial charge in [0, 0.05) is 25.2 Å². The predicted octanol–water partition coefficient (Wildman–Crippen LogP) is 0.533. The molecule has 3 unspecified atom stereocenters. The van der Waals surface area contributed by atoms with Gasteiger partial charge in [-0.15, -0.1) is 0 Å². The molecule has 2 aliphatic heterocycles. The summed E-state index contributed by atoms with van der Waals surface area (Å²) in [5, 5.41) is 12.5. The highest BCUT2D eigenvalue weighted by molar-refractivity contribution is 5.69. The van der Waals surface area contributed by atoms with E-state index in [1.54, 1.807) is 6.92 Å². The molecule has 2 N–H and O–H groups in total. The van der Waals surface area contributed by atoms with Crippen molar-refractivity contribution in [2.24, 2.45) is 5.92 Å². The molecule has 2 fully saturated rings. The van der Waals surface area contributed by atoms with E-state index in [0.29, 0.717) is 18.6 Å². The van der Waals surface area contributed by atoms with Crippen LogP contribution in [0.5, 0.6) is 0 Å². The molecule has 0 amide bonds. The Bertz CT molecular complexity index is 245. The van der Waals surface area contributed by atoms with Crippen LogP contribution in [-0.2, 0) is 4.79 Å². The lowest BCUT2D eigenvalue weighted by atomic mass is 10.1. The van der Waals surface area contributed by atoms with E-state index in [4.69, 9.17) is 5.11 Å². The van der Waals surface area contributed by atoms with Crippen molar-refractivity contribution in [1.82, 2.24) is 10.2 Å². The summed E-state index contributed by atoms with van der Waals surface area (Å²) in [5.74, 6) is -0.931. The minimum absolute atomic E-state index is 0.248. The molecule has 86 valence electrons. The summed E-state index contributed by atoms with van der Waals surface area (Å²) in [6, 6.07) is 1.28. The van der Waals surface area contributed by atoms with E-state index in [1.807, 2.05) is 0 Å². The van der Waals surface area contributed by atoms with Crippen molar-refractivity contribution in [1.29, 1.82) is 0 Å². The molecule has 2 saturated heterocycles. The lowest BCUT2D eigenvalue weighted by Gasteiger charge is -2.25. The Morgan fingerprint density at radius 1 is 1.47 bits per heavy atom. The van der Waals surface area contributed by atoms with Gasteiger partial charge >= 0.3 is 5.97 Å². The normalized spacial score (nSPS) is 33.7. The third-order valence-electron chi connectivity index (χ3n) is 3.56. The number of rotatable bonds is 3. The highest BCUT2D eigenvalue weighted by Crippen LogP contribution is 2.20. The van der Waals surface area contributed by atoms with Crippen LogP contribution in [0.4, 0.5) is 0 Å². The van der Waals surface area contributed by atoms with Crippen LogP contribution in [0.1, 0.15) is 26.2 Å². The third-order valence-corrected chi connectivity index (χ3v) is 3.56. The van der Waals surface area contributed by atoms with Crippen molar-refractivity contribution >= 4 is 5.97 Å². The molecule has 2 bridgehead atoms. The van der Waals surface area contributed by atoms with Crippen LogP contribution in [-0.4, -0.2) is 47.7 Å². The standard InChI is InChI=1S/C11H20N2O2/c1-8(11(14)15)6-13-5-4-9-2-3-10(7-13)12-9/h8-10,12H,2-7H2,1H3,(H,14,15). The molecule has 2 heterocycles. The van der Waals surface area contributed by atoms with E-state index in [0.717, 1.165) is 13.1 Å². The maximum atomic E-state index is 10.8. The molecule has 0 aliphatic carbocycles. The van der Waals surface area contributed by atoms with Crippen LogP contribution in [0.15, 0.2) is 0 Å². The number of nitrogens with one attached hydrogen (secondary N) is 1. The van der Waals surface area contributed by atoms with Crippen LogP contribution in [0.2, 0.25) is 0 Å². The summed E-state index contributed by atoms with van der Waals surface area (Å²) >= 11 is 0. The fourth-order valence-electron chi connectivity index (χ4n) is 2.65. The first-order valence-electron chi connectivity index (χ1n) is 5.86. The van der Waals surface area contributed by atoms with Gasteiger partial charge in [0.1, 0.15) is 0 Å². The lowest BCUT2D eigenvalue weighted by molar-refractivity contribution is -0.141. The summed E-state index contributed by atoms with van der Waals surface area (Å²) < 4.78 is 0. The van der Waals surface area contributed by atoms with Crippen LogP contribution >= 0.6 is 0 Å². The molecule has 4 nitrogen and oxygen atoms in total. The minimum Gasteiger partial charge on any atom is -0.481 e. The third kappa shape index (κ3) is 2.69. The van der Waals surface area contributed by atoms with Crippen LogP contribution in [0, 0.1) is 5.92 Å². The Hall–Kier alpha value is -0.610. The Labute approximate surface area is 90.6 Å². The average Bonchev–Trinajstić information content (AvgIpc) is 2.50. The Morgan fingerprint density at radius 3 is 2.93 bits per heavy atom. The second-order valence-electron chi connectivity index (χ2n) is 4.93. The fourth-order valence-corrected chi connectivity index (χ4v) is 2.65. The topological polar surface area (TPSA) is 52.6 Å². The largest absolute Gasteiger partial charge is 0.481 e. The first-order chi connectivity index (χ1) is 7.15. The van der Waals surface area contributed by atoms with E-state index >= 15 is 0 Å². The number of carboxylic acid groups (broad SMARTS) is 1. The number of carbonyl (C=O) groups is 1. The van der Waals surface area contributed by atoms with Crippen molar-refractivity contribution in [2.45, 2.75) is 38.3 Å². The molecule has 0 aromatic rings. The van der Waals surface area contributed by atoms with Gasteiger partial charge in [-0.1, -0.05) is 6.92 Å². The monoisotopic (exact) mass is 212 g/mol. The maximum absolute atomic E-state index is 10.8. The number of nitrogens with zero attached hydrogens (tertiary/aromatic N) is 1. The summed E-state index contributed by atoms with van der Waals surface area (Å²) in [6.45, 7) is 4.55. The first-order valence-corrected chi connectivity index (χ1v) is 5.86. The summed E-state index contributed by atoms with van der Waals surface area (Å²) in [4.78, 5) is 13.1. The van der Waals surface area contributed by atoms with Gasteiger partial charge in [-0.2, -0.15) is 0 Å². The van der Waals surface area contributed by atoms with E-state index < -0.39 is 5.97 Å². The molecular weight excluding hydrogens is 192 g/mol. The molecule has 0 saturated carbocycles. The zero-order valence-corrected chi connectivity index (χ0v) is 9.28. The SMILES string of the molecule is CC(CN1CCC2CCC(C1)N2)C(=O)O. The summed E-state index contributed by atoms with van der Waals surface area (Å²) in [7, 11) is 0. The second kappa shape index (κ2) is 4.49. The van der Waals surface area contributed by atoms with E-state index in [2.05, 4.69) is 10.2 Å². The second-order valence-corrected chi connectivity index (χ2v) is 4.93. The van der Waals surface area contributed by atoms with Gasteiger partial charge in [-0.3, -0.25) is 4.79 Å². The first kappa shape index (κ1) is 10.9. The zero-order valence-electron chi connectivity index (χ0n) is 9.28. The number of fused-ring (bicyclic) bond motifs is 2. The van der Waals surface area contributed by atoms with Gasteiger partial charge in [0.05, 0.1) is 5.92 Å². The molecule has 0 radical (unpaired) electrons. The number of hydrogen-bond donors (Lipinski definition) is 2. The van der Waals surface area contributed by atoms with Gasteiger partial charge < -0.3 is 15.3 Å². The fraction of sp³-hybridized carbons (Fsp3) is 0.909. The van der Waals surface area contributed by atoms with Gasteiger partial charge in [-0.05, 0) is 25.8 Å². The molecule has 3 atom stereocenters. The molecule has 2 rings (SSSR count). The van der Waals surface area contributed by atoms with Crippen molar-refractivity contribution in [2.75, 3.05) is 19.6 Å². The van der Waals surface area contributed by atoms with Gasteiger partial charge in [-0.25, -0.2) is 0 Å². The van der Waals surface area contributed by atoms with Gasteiger partial charge in [0.15, 0.2) is 0 Å². The van der Waals surface area contributed by atoms with Gasteiger partial charge in [0.2, 0.25) is 0 Å². The minimum atomic E-state index is -0.683. The Balaban J connectivity index is 1.85. The van der Waals surface area contributed by atoms with Gasteiger partial charge in [0.25, 0.3) is 0 Å². The average molecular weight is 212 g/mol. The van der Waals surface area contributed by atoms with Crippen molar-refractivity contribution in [3.8, 4) is 0 Å². The molecule has 0 aromatic carbocycles. The Morgan fingerprint density at radius 2 is 2.20 bits per heavy atom. The van der Waals surface area contributed by atoms with Crippen LogP contribution < -0.4 is 5.32 Å². The summed E-state index contributed by atoms with van der Waals surface area (Å²) in [6.07, 6.45) is 3.72. The van der Waals surface area contributed by atoms with Crippen LogP contribution in [0.3, 0.4) is 0 Å². The highest BCUT2D eigenvalue weighted by atomic mass is 16.4. The van der Waals surface area contributed by atoms with Crippen LogP contribution in [0.25, 0.3) is 0 Å². The number of hydrogen-bond acceptors (Lipinski definition) is 3. The zero-order chi connectivity index (χ0) is 10.8. The highest BCUT2D eigenvalue weighted by Gasteiger charge is 2.30. The molecule has 0 aromatic heterocycles. The summed E-state index contributed by atoms with van der Waals surface area (Å²) in [5.41, 5.74) is 0. The molecular formula is C11H20N2O2. The maximum Gasteiger partial charge on any atom is 0.307 e. The molecule has 4 heteroatoms. The number of likely N-dealkylation sites (tertiary alicyclic amines) is 1. The van der Waals surface area contributed by atoms with Crippen molar-refractivity contribution in [3.63, 3.8) is 0 Å². The lowest BCUT2D eigenvalue weighted by Crippen LogP contribution is -2.38. The molecule has 2 aliphatic rings. The number of carboxylic acids is 1. The van der Waals surface area contributed by atoms with Crippen molar-refractivity contribution < 1.29 is 9.90 Å². The smallest absolute Gasteiger partial charge is 0.307 e. The Kier molecular flexibility index (Phi) is 3.26. The molecule has 15 heavy (non-hydrogen) atoms. The van der Waals surface area contributed by atoms with E-state index in [1.165, 1.54) is 19.3 Å². The predicted molar refractivity (Wildman–Crippen MR) is 57.8 cm³/mol. The number of aliphatic carboxylic acids is 1. The van der Waals surface area contributed by atoms with E-state index in [9.17, 15) is 4.79 Å². The quantitative estimate of drug-likeness (QED) is 0.716. The molecule has 0 spiro atoms.